The van der Waals surface area contributed by atoms with Crippen LogP contribution in [0.2, 0.25) is 5.02 Å². The number of carboxylic acid groups (broad SMARTS) is 1. The molecule has 0 aliphatic carbocycles. The maximum atomic E-state index is 13.4. The number of ether oxygens (including phenoxy) is 5. The van der Waals surface area contributed by atoms with Crippen LogP contribution < -0.4 is 40.5 Å². The summed E-state index contributed by atoms with van der Waals surface area (Å²) in [6, 6.07) is 88.7. The van der Waals surface area contributed by atoms with Gasteiger partial charge in [0, 0.05) is 129 Å². The predicted molar refractivity (Wildman–Crippen MR) is 525 cm³/mol. The molecule has 0 aliphatic rings. The number of aliphatic hydroxyl groups excluding tert-OH is 2. The van der Waals surface area contributed by atoms with Gasteiger partial charge in [-0.15, -0.1) is 0 Å². The maximum Gasteiger partial charge on any atom is 0.343 e. The lowest BCUT2D eigenvalue weighted by Crippen LogP contribution is -2.24. The summed E-state index contributed by atoms with van der Waals surface area (Å²) in [5.74, 6) is 2.48. The molecule has 26 heteroatoms. The molecule has 670 valence electrons. The molecule has 0 aliphatic heterocycles. The molecular weight excluding hydrogens is 1770 g/mol. The third-order valence-corrected chi connectivity index (χ3v) is 24.3. The average Bonchev–Trinajstić information content (AvgIpc) is 1.73. The Balaban J connectivity index is 0.000000139. The average molecular weight is 1870 g/mol. The van der Waals surface area contributed by atoms with E-state index in [1.807, 2.05) is 261 Å². The zero-order chi connectivity index (χ0) is 93.5. The van der Waals surface area contributed by atoms with Gasteiger partial charge in [0.05, 0.1) is 101 Å². The van der Waals surface area contributed by atoms with Gasteiger partial charge in [-0.3, -0.25) is 48.7 Å². The van der Waals surface area contributed by atoms with E-state index in [2.05, 4.69) is 59.9 Å². The van der Waals surface area contributed by atoms with Gasteiger partial charge in [0.1, 0.15) is 52.1 Å². The van der Waals surface area contributed by atoms with Crippen molar-refractivity contribution in [2.45, 2.75) is 88.5 Å². The molecule has 7 aromatic heterocycles. The lowest BCUT2D eigenvalue weighted by molar-refractivity contribution is 0.0694. The fourth-order valence-electron chi connectivity index (χ4n) is 15.2. The number of aromatic carboxylic acids is 1. The van der Waals surface area contributed by atoms with Gasteiger partial charge < -0.3 is 44.7 Å². The first-order valence-corrected chi connectivity index (χ1v) is 44.7. The van der Waals surface area contributed by atoms with Crippen molar-refractivity contribution in [1.82, 2.24) is 43.6 Å². The number of aliphatic hydroxyl groups is 2. The smallest absolute Gasteiger partial charge is 0.343 e. The molecule has 23 nitrogen and oxygen atoms in total. The van der Waals surface area contributed by atoms with Gasteiger partial charge in [-0.2, -0.15) is 0 Å². The molecule has 0 fully saturated rings. The number of anilines is 1. The highest BCUT2D eigenvalue weighted by molar-refractivity contribution is 9.10. The number of hydrogen-bond donors (Lipinski definition) is 4. The Morgan fingerprint density at radius 1 is 0.439 bits per heavy atom. The molecule has 0 spiro atoms. The van der Waals surface area contributed by atoms with Gasteiger partial charge in [-0.1, -0.05) is 145 Å². The third-order valence-electron chi connectivity index (χ3n) is 21.9. The second-order valence-electron chi connectivity index (χ2n) is 30.4. The van der Waals surface area contributed by atoms with Gasteiger partial charge in [-0.25, -0.2) is 18.4 Å². The van der Waals surface area contributed by atoms with Crippen LogP contribution in [0.25, 0.3) is 65.9 Å². The van der Waals surface area contributed by atoms with Crippen LogP contribution in [0.5, 0.6) is 28.7 Å². The van der Waals surface area contributed by atoms with Crippen LogP contribution in [0.4, 0.5) is 5.69 Å². The van der Waals surface area contributed by atoms with E-state index in [1.165, 1.54) is 10.2 Å². The fraction of sp³-hybridized carbons (Fsp3) is 0.160. The summed E-state index contributed by atoms with van der Waals surface area (Å²) in [7, 11) is 6.94. The molecule has 3 unspecified atom stereocenters. The minimum atomic E-state index is -1.21. The van der Waals surface area contributed by atoms with Crippen molar-refractivity contribution in [3.8, 4) is 40.1 Å². The van der Waals surface area contributed by atoms with Crippen molar-refractivity contribution < 1.29 is 52.8 Å². The molecule has 11 aromatic carbocycles. The number of carbonyl (C=O) groups excluding carboxylic acids is 1. The van der Waals surface area contributed by atoms with E-state index in [1.54, 1.807) is 113 Å². The molecule has 0 saturated carbocycles. The number of nitrogen functional groups attached to an aromatic ring is 1. The number of pyridine rings is 5. The normalized spacial score (nSPS) is 11.5. The van der Waals surface area contributed by atoms with Crippen LogP contribution in [0.3, 0.4) is 0 Å². The monoisotopic (exact) mass is 1860 g/mol. The Morgan fingerprint density at radius 2 is 0.811 bits per heavy atom. The van der Waals surface area contributed by atoms with Crippen LogP contribution in [0.1, 0.15) is 110 Å². The molecule has 5 N–H and O–H groups in total. The van der Waals surface area contributed by atoms with E-state index in [0.717, 1.165) is 156 Å². The third kappa shape index (κ3) is 22.6. The van der Waals surface area contributed by atoms with Crippen LogP contribution in [0, 0.1) is 13.8 Å². The van der Waals surface area contributed by atoms with E-state index < -0.39 is 34.5 Å². The fourth-order valence-corrected chi connectivity index (χ4v) is 16.9. The van der Waals surface area contributed by atoms with Gasteiger partial charge >= 0.3 is 5.97 Å². The highest BCUT2D eigenvalue weighted by Crippen LogP contribution is 2.35. The van der Waals surface area contributed by atoms with Crippen molar-refractivity contribution in [3.05, 3.63) is 408 Å². The molecule has 132 heavy (non-hydrogen) atoms. The number of ketones is 1. The molecule has 0 amide bonds. The molecule has 18 rings (SSSR count). The topological polar surface area (TPSA) is 302 Å². The summed E-state index contributed by atoms with van der Waals surface area (Å²) < 4.78 is 46.4. The number of halogens is 2. The standard InChI is InChI=1S/C32H31N3O3.C17H14BrNO2.C17H16N2O2.C16H13NO2S.C14H16N2O3.C10H8ClNO/c1-4-18-34-22(2)31(32(37)35(34)26-8-6-5-7-9-26)30(36)20-24-12-10-23(11-13-24)19-25-16-17-33-29-21-27(38-3)14-15-28(25)29;2*1-21-13-6-7-14-15(8-9-19-16(14)10-13)17(20)11-2-4-12(18)5-3-11;1-19-12-7-8-14-15(11-12)17-10-9-16(14)20(18)13-5-3-2-4-6-13;1-3-9-15-10(2)12(14(18)19)13(17)16(15)11-7-5-4-6-8-11;1-13-7-2-3-8-9(11)4-5-12-10(8)6-7/h5-17,21H,4,18-20H2,1-3H3;2-10,17,20H,1H3;2-10,17,20H,18H2,1H3;2-11H,1H3;4-8H,3,9H2,1-2H3,(H,18,19);2-6H,1H3. The van der Waals surface area contributed by atoms with E-state index in [-0.39, 0.29) is 28.9 Å². The number of carboxylic acids is 1. The number of benzene rings is 11. The second kappa shape index (κ2) is 45.0. The zero-order valence-corrected chi connectivity index (χ0v) is 77.3. The van der Waals surface area contributed by atoms with E-state index in [4.69, 9.17) is 41.0 Å². The molecule has 18 aromatic rings. The Labute approximate surface area is 779 Å². The highest BCUT2D eigenvalue weighted by atomic mass is 79.9. The Bertz CT molecular complexity index is 7080. The quantitative estimate of drug-likeness (QED) is 0.0342. The summed E-state index contributed by atoms with van der Waals surface area (Å²) in [5.41, 5.74) is 19.0. The van der Waals surface area contributed by atoms with E-state index in [9.17, 15) is 38.7 Å². The summed E-state index contributed by atoms with van der Waals surface area (Å²) in [6.07, 6.45) is 9.79. The van der Waals surface area contributed by atoms with Crippen molar-refractivity contribution >= 4 is 110 Å². The summed E-state index contributed by atoms with van der Waals surface area (Å²) >= 11 is 9.37. The number of para-hydroxylation sites is 2. The van der Waals surface area contributed by atoms with Crippen LogP contribution in [-0.4, -0.2) is 110 Å². The Morgan fingerprint density at radius 3 is 1.27 bits per heavy atom. The van der Waals surface area contributed by atoms with Gasteiger partial charge in [0.15, 0.2) is 5.78 Å². The molecule has 0 radical (unpaired) electrons. The van der Waals surface area contributed by atoms with Gasteiger partial charge in [0.2, 0.25) is 0 Å². The number of rotatable bonds is 23. The summed E-state index contributed by atoms with van der Waals surface area (Å²) in [5, 5.41) is 35.9. The minimum Gasteiger partial charge on any atom is -0.497 e. The van der Waals surface area contributed by atoms with Crippen molar-refractivity contribution in [1.29, 1.82) is 0 Å². The summed E-state index contributed by atoms with van der Waals surface area (Å²) in [6.45, 7) is 8.84. The molecule has 7 heterocycles. The Hall–Kier alpha value is -14.7. The number of carbonyl (C=O) groups is 2. The van der Waals surface area contributed by atoms with Crippen LogP contribution in [0.15, 0.2) is 340 Å². The van der Waals surface area contributed by atoms with Crippen molar-refractivity contribution in [3.63, 3.8) is 0 Å². The molecular formula is C106H98BrClN10O13S. The van der Waals surface area contributed by atoms with Crippen molar-refractivity contribution in [2.24, 2.45) is 0 Å². The number of methoxy groups -OCH3 is 5. The number of fused-ring (bicyclic) bond motifs is 5. The number of nitrogens with two attached hydrogens (primary N) is 1. The molecule has 3 atom stereocenters. The predicted octanol–water partition coefficient (Wildman–Crippen LogP) is 21.3. The SMILES string of the molecule is CCCn1c(C)c(C(=O)Cc2ccc(Cc3ccnc4cc(OC)ccc34)cc2)c(=O)n1-c1ccccc1.CCCn1c(C)c(C(=O)O)c(=O)n1-c1ccccc1.COc1ccc2c(C(O)c3ccc(Br)cc3)ccnc2c1.COc1ccc2c(C(O)c3ccc(N)cc3)ccnc2c1.COc1ccc2c(Cl)ccnc2c1.COc1ccc2c(S(=O)c3ccccc3)ccnc2c1. The van der Waals surface area contributed by atoms with Crippen LogP contribution >= 0.6 is 27.5 Å². The lowest BCUT2D eigenvalue weighted by Gasteiger charge is -2.14. The number of hydrogen-bond acceptors (Lipinski definition) is 18. The first-order chi connectivity index (χ1) is 64.0. The highest BCUT2D eigenvalue weighted by Gasteiger charge is 2.26. The summed E-state index contributed by atoms with van der Waals surface area (Å²) in [4.78, 5) is 73.5. The molecule has 0 saturated heterocycles. The number of Topliss-reactive ketones (excluding diaryl/α,β-unsaturated/α-hetero) is 1. The molecule has 0 bridgehead atoms. The number of nitrogens with zero attached hydrogens (tertiary/aromatic N) is 9. The van der Waals surface area contributed by atoms with Gasteiger partial charge in [-0.05, 0) is 224 Å². The van der Waals surface area contributed by atoms with E-state index >= 15 is 0 Å². The Kier molecular flexibility index (Phi) is 32.3. The first-order valence-electron chi connectivity index (χ1n) is 42.4. The van der Waals surface area contributed by atoms with Crippen LogP contribution in [-0.2, 0) is 36.7 Å². The largest absolute Gasteiger partial charge is 0.497 e. The number of aromatic nitrogens is 9. The first kappa shape index (κ1) is 94.9. The lowest BCUT2D eigenvalue weighted by atomic mass is 9.98. The van der Waals surface area contributed by atoms with E-state index in [0.29, 0.717) is 40.9 Å². The van der Waals surface area contributed by atoms with Crippen molar-refractivity contribution in [2.75, 3.05) is 41.3 Å². The zero-order valence-electron chi connectivity index (χ0n) is 74.1. The minimum absolute atomic E-state index is 0.155. The maximum absolute atomic E-state index is 13.4. The second-order valence-corrected chi connectivity index (χ2v) is 33.1. The van der Waals surface area contributed by atoms with Gasteiger partial charge in [0.25, 0.3) is 11.1 Å².